The van der Waals surface area contributed by atoms with Gasteiger partial charge in [-0.05, 0) is 46.8 Å². The Kier molecular flexibility index (Phi) is 5.99. The lowest BCUT2D eigenvalue weighted by atomic mass is 10.0. The Labute approximate surface area is 107 Å². The largest absolute Gasteiger partial charge is 0.310 e. The molecule has 16 heavy (non-hydrogen) atoms. The monoisotopic (exact) mass is 284 g/mol. The first-order valence-corrected chi connectivity index (χ1v) is 6.74. The molecule has 0 amide bonds. The van der Waals surface area contributed by atoms with Crippen LogP contribution in [0.25, 0.3) is 0 Å². The summed E-state index contributed by atoms with van der Waals surface area (Å²) in [6.45, 7) is 7.69. The summed E-state index contributed by atoms with van der Waals surface area (Å²) >= 11 is 3.43. The number of rotatable bonds is 6. The van der Waals surface area contributed by atoms with Gasteiger partial charge in [0, 0.05) is 29.5 Å². The number of hydrogen-bond acceptors (Lipinski definition) is 2. The van der Waals surface area contributed by atoms with Crippen molar-refractivity contribution in [3.05, 3.63) is 28.5 Å². The van der Waals surface area contributed by atoms with Gasteiger partial charge in [0.15, 0.2) is 0 Å². The summed E-state index contributed by atoms with van der Waals surface area (Å²) in [5.74, 6) is 0.795. The quantitative estimate of drug-likeness (QED) is 0.861. The number of hydrogen-bond donors (Lipinski definition) is 1. The number of aromatic nitrogens is 1. The first-order valence-electron chi connectivity index (χ1n) is 5.94. The van der Waals surface area contributed by atoms with Crippen LogP contribution in [0.3, 0.4) is 0 Å². The van der Waals surface area contributed by atoms with E-state index < -0.39 is 0 Å². The molecular weight excluding hydrogens is 264 g/mol. The van der Waals surface area contributed by atoms with Crippen molar-refractivity contribution >= 4 is 15.9 Å². The van der Waals surface area contributed by atoms with Gasteiger partial charge in [-0.2, -0.15) is 0 Å². The van der Waals surface area contributed by atoms with Crippen LogP contribution in [-0.2, 0) is 6.54 Å². The third kappa shape index (κ3) is 5.08. The Morgan fingerprint density at radius 2 is 2.12 bits per heavy atom. The van der Waals surface area contributed by atoms with Crippen molar-refractivity contribution in [3.63, 3.8) is 0 Å². The average molecular weight is 285 g/mol. The van der Waals surface area contributed by atoms with E-state index in [-0.39, 0.29) is 0 Å². The molecule has 2 atom stereocenters. The smallest absolute Gasteiger partial charge is 0.0410 e. The van der Waals surface area contributed by atoms with Crippen molar-refractivity contribution in [2.45, 2.75) is 46.2 Å². The molecule has 0 saturated heterocycles. The first kappa shape index (κ1) is 13.7. The molecule has 0 aliphatic carbocycles. The molecule has 90 valence electrons. The van der Waals surface area contributed by atoms with Crippen LogP contribution in [0, 0.1) is 5.92 Å². The van der Waals surface area contributed by atoms with Gasteiger partial charge in [-0.15, -0.1) is 0 Å². The summed E-state index contributed by atoms with van der Waals surface area (Å²) in [5.41, 5.74) is 1.23. The molecule has 2 unspecified atom stereocenters. The van der Waals surface area contributed by atoms with Crippen molar-refractivity contribution in [3.8, 4) is 0 Å². The Morgan fingerprint density at radius 3 is 2.75 bits per heavy atom. The van der Waals surface area contributed by atoms with Crippen molar-refractivity contribution in [2.24, 2.45) is 5.92 Å². The van der Waals surface area contributed by atoms with E-state index in [0.717, 1.165) is 16.9 Å². The van der Waals surface area contributed by atoms with Crippen molar-refractivity contribution < 1.29 is 0 Å². The van der Waals surface area contributed by atoms with Crippen LogP contribution in [0.1, 0.15) is 39.2 Å². The predicted octanol–water partition coefficient (Wildman–Crippen LogP) is 3.76. The van der Waals surface area contributed by atoms with Crippen LogP contribution in [-0.4, -0.2) is 11.0 Å². The van der Waals surface area contributed by atoms with Crippen LogP contribution in [0.5, 0.6) is 0 Å². The predicted molar refractivity (Wildman–Crippen MR) is 72.3 cm³/mol. The molecule has 0 saturated carbocycles. The zero-order chi connectivity index (χ0) is 12.0. The zero-order valence-electron chi connectivity index (χ0n) is 10.3. The van der Waals surface area contributed by atoms with Gasteiger partial charge in [0.2, 0.25) is 0 Å². The van der Waals surface area contributed by atoms with Crippen LogP contribution < -0.4 is 5.32 Å². The molecule has 1 N–H and O–H groups in total. The van der Waals surface area contributed by atoms with E-state index in [0.29, 0.717) is 6.04 Å². The van der Waals surface area contributed by atoms with Gasteiger partial charge in [0.1, 0.15) is 0 Å². The number of pyridine rings is 1. The molecule has 1 heterocycles. The molecule has 0 fully saturated rings. The van der Waals surface area contributed by atoms with Gasteiger partial charge < -0.3 is 5.32 Å². The molecule has 0 radical (unpaired) electrons. The molecule has 3 heteroatoms. The van der Waals surface area contributed by atoms with E-state index in [9.17, 15) is 0 Å². The van der Waals surface area contributed by atoms with Crippen LogP contribution in [0.2, 0.25) is 0 Å². The zero-order valence-corrected chi connectivity index (χ0v) is 11.9. The molecule has 0 aliphatic rings. The van der Waals surface area contributed by atoms with E-state index in [4.69, 9.17) is 0 Å². The second-order valence-electron chi connectivity index (χ2n) is 4.54. The van der Waals surface area contributed by atoms with Gasteiger partial charge >= 0.3 is 0 Å². The topological polar surface area (TPSA) is 24.9 Å². The number of halogens is 1. The highest BCUT2D eigenvalue weighted by Crippen LogP contribution is 2.12. The highest BCUT2D eigenvalue weighted by Gasteiger charge is 2.06. The molecule has 2 nitrogen and oxygen atoms in total. The fraction of sp³-hybridized carbons (Fsp3) is 0.615. The summed E-state index contributed by atoms with van der Waals surface area (Å²) in [4.78, 5) is 4.15. The van der Waals surface area contributed by atoms with Crippen LogP contribution >= 0.6 is 15.9 Å². The molecule has 0 bridgehead atoms. The third-order valence-corrected chi connectivity index (χ3v) is 3.30. The Morgan fingerprint density at radius 1 is 1.38 bits per heavy atom. The summed E-state index contributed by atoms with van der Waals surface area (Å²) < 4.78 is 1.04. The normalized spacial score (nSPS) is 14.8. The molecule has 1 aromatic rings. The Balaban J connectivity index is 2.34. The van der Waals surface area contributed by atoms with Crippen LogP contribution in [0.15, 0.2) is 22.9 Å². The second-order valence-corrected chi connectivity index (χ2v) is 5.46. The summed E-state index contributed by atoms with van der Waals surface area (Å²) in [6.07, 6.45) is 6.21. The maximum absolute atomic E-state index is 4.15. The lowest BCUT2D eigenvalue weighted by Crippen LogP contribution is -2.27. The molecule has 1 aromatic heterocycles. The van der Waals surface area contributed by atoms with Gasteiger partial charge in [-0.1, -0.05) is 20.3 Å². The minimum atomic E-state index is 0.564. The van der Waals surface area contributed by atoms with Gasteiger partial charge in [-0.25, -0.2) is 0 Å². The van der Waals surface area contributed by atoms with Crippen LogP contribution in [0.4, 0.5) is 0 Å². The van der Waals surface area contributed by atoms with Crippen molar-refractivity contribution in [2.75, 3.05) is 0 Å². The molecule has 0 aliphatic heterocycles. The van der Waals surface area contributed by atoms with E-state index in [1.807, 2.05) is 12.4 Å². The SMILES string of the molecule is CCC(C)CC(C)NCc1cncc(Br)c1. The number of nitrogens with zero attached hydrogens (tertiary/aromatic N) is 1. The summed E-state index contributed by atoms with van der Waals surface area (Å²) in [5, 5.41) is 3.53. The van der Waals surface area contributed by atoms with Gasteiger partial charge in [0.05, 0.1) is 0 Å². The van der Waals surface area contributed by atoms with Crippen molar-refractivity contribution in [1.29, 1.82) is 0 Å². The minimum absolute atomic E-state index is 0.564. The fourth-order valence-corrected chi connectivity index (χ4v) is 2.11. The molecule has 0 aromatic carbocycles. The average Bonchev–Trinajstić information content (AvgIpc) is 2.26. The van der Waals surface area contributed by atoms with Gasteiger partial charge in [-0.3, -0.25) is 4.98 Å². The van der Waals surface area contributed by atoms with E-state index in [1.54, 1.807) is 0 Å². The summed E-state index contributed by atoms with van der Waals surface area (Å²) in [6, 6.07) is 2.67. The minimum Gasteiger partial charge on any atom is -0.310 e. The van der Waals surface area contributed by atoms with E-state index in [1.165, 1.54) is 18.4 Å². The lowest BCUT2D eigenvalue weighted by Gasteiger charge is -2.17. The molecule has 1 rings (SSSR count). The Hall–Kier alpha value is -0.410. The maximum Gasteiger partial charge on any atom is 0.0410 e. The number of nitrogens with one attached hydrogen (secondary N) is 1. The van der Waals surface area contributed by atoms with E-state index in [2.05, 4.69) is 53.1 Å². The highest BCUT2D eigenvalue weighted by molar-refractivity contribution is 9.10. The second kappa shape index (κ2) is 7.02. The Bertz CT molecular complexity index is 315. The summed E-state index contributed by atoms with van der Waals surface area (Å²) in [7, 11) is 0. The van der Waals surface area contributed by atoms with E-state index >= 15 is 0 Å². The molecule has 0 spiro atoms. The fourth-order valence-electron chi connectivity index (χ4n) is 1.70. The molecular formula is C13H21BrN2. The van der Waals surface area contributed by atoms with Gasteiger partial charge in [0.25, 0.3) is 0 Å². The standard InChI is InChI=1S/C13H21BrN2/c1-4-10(2)5-11(3)16-8-12-6-13(14)9-15-7-12/h6-7,9-11,16H,4-5,8H2,1-3H3. The third-order valence-electron chi connectivity index (χ3n) is 2.87. The lowest BCUT2D eigenvalue weighted by molar-refractivity contribution is 0.412. The first-order chi connectivity index (χ1) is 7.61. The highest BCUT2D eigenvalue weighted by atomic mass is 79.9. The maximum atomic E-state index is 4.15. The van der Waals surface area contributed by atoms with Crippen molar-refractivity contribution in [1.82, 2.24) is 10.3 Å².